The topological polar surface area (TPSA) is 56.3 Å². The number of carbonyl (C=O) groups excluding carboxylic acids is 2. The summed E-state index contributed by atoms with van der Waals surface area (Å²) in [5, 5.41) is 2.66. The molecule has 1 atom stereocenters. The van der Waals surface area contributed by atoms with Gasteiger partial charge >= 0.3 is 5.97 Å². The molecular weight excluding hydrogens is 370 g/mol. The first-order chi connectivity index (χ1) is 13.6. The van der Waals surface area contributed by atoms with Crippen LogP contribution >= 0.6 is 11.3 Å². The Morgan fingerprint density at radius 2 is 1.71 bits per heavy atom. The number of ketones is 1. The third-order valence-electron chi connectivity index (χ3n) is 4.42. The van der Waals surface area contributed by atoms with Crippen LogP contribution in [0, 0.1) is 0 Å². The van der Waals surface area contributed by atoms with Crippen LogP contribution in [0.15, 0.2) is 78.2 Å². The van der Waals surface area contributed by atoms with Gasteiger partial charge in [-0.2, -0.15) is 0 Å². The predicted molar refractivity (Wildman–Crippen MR) is 111 cm³/mol. The Kier molecular flexibility index (Phi) is 5.00. The normalized spacial score (nSPS) is 11.9. The number of aromatic nitrogens is 1. The highest BCUT2D eigenvalue weighted by molar-refractivity contribution is 7.13. The standard InChI is InChI=1S/C23H17NO3S/c1-15(22(25)16-8-3-2-4-9-16)27-23(26)18-14-20(21-12-7-13-28-21)24-19-11-6-5-10-17(18)19/h2-15H,1H3/t15-/m1/s1. The van der Waals surface area contributed by atoms with Gasteiger partial charge in [-0.25, -0.2) is 9.78 Å². The minimum atomic E-state index is -0.882. The first-order valence-electron chi connectivity index (χ1n) is 8.87. The molecule has 0 aliphatic rings. The van der Waals surface area contributed by atoms with Crippen LogP contribution in [0.3, 0.4) is 0 Å². The molecule has 2 aromatic carbocycles. The lowest BCUT2D eigenvalue weighted by molar-refractivity contribution is 0.0320. The van der Waals surface area contributed by atoms with Crippen LogP contribution in [0.2, 0.25) is 0 Å². The van der Waals surface area contributed by atoms with Gasteiger partial charge in [-0.05, 0) is 30.5 Å². The lowest BCUT2D eigenvalue weighted by atomic mass is 10.1. The number of hydrogen-bond acceptors (Lipinski definition) is 5. The average molecular weight is 387 g/mol. The molecule has 0 radical (unpaired) electrons. The number of thiophene rings is 1. The Balaban J connectivity index is 1.68. The largest absolute Gasteiger partial charge is 0.451 e. The monoisotopic (exact) mass is 387 g/mol. The molecule has 4 nitrogen and oxygen atoms in total. The number of benzene rings is 2. The van der Waals surface area contributed by atoms with E-state index in [0.717, 1.165) is 4.88 Å². The number of ether oxygens (including phenoxy) is 1. The van der Waals surface area contributed by atoms with Gasteiger partial charge < -0.3 is 4.74 Å². The van der Waals surface area contributed by atoms with Crippen molar-refractivity contribution in [2.45, 2.75) is 13.0 Å². The van der Waals surface area contributed by atoms with E-state index in [1.807, 2.05) is 47.8 Å². The smallest absolute Gasteiger partial charge is 0.339 e. The van der Waals surface area contributed by atoms with Gasteiger partial charge in [-0.15, -0.1) is 11.3 Å². The Hall–Kier alpha value is -3.31. The molecule has 5 heteroatoms. The molecule has 0 unspecified atom stereocenters. The second-order valence-electron chi connectivity index (χ2n) is 6.33. The van der Waals surface area contributed by atoms with Gasteiger partial charge in [-0.3, -0.25) is 4.79 Å². The molecule has 4 aromatic rings. The lowest BCUT2D eigenvalue weighted by Crippen LogP contribution is -2.24. The molecule has 28 heavy (non-hydrogen) atoms. The van der Waals surface area contributed by atoms with Gasteiger partial charge in [-0.1, -0.05) is 54.6 Å². The van der Waals surface area contributed by atoms with E-state index in [9.17, 15) is 9.59 Å². The third kappa shape index (κ3) is 3.57. The number of para-hydroxylation sites is 1. The molecule has 0 spiro atoms. The van der Waals surface area contributed by atoms with Gasteiger partial charge in [0.2, 0.25) is 5.78 Å². The summed E-state index contributed by atoms with van der Waals surface area (Å²) in [5.74, 6) is -0.765. The van der Waals surface area contributed by atoms with Gasteiger partial charge in [0.15, 0.2) is 6.10 Å². The number of nitrogens with zero attached hydrogens (tertiary/aromatic N) is 1. The summed E-state index contributed by atoms with van der Waals surface area (Å²) in [5.41, 5.74) is 2.34. The van der Waals surface area contributed by atoms with Gasteiger partial charge in [0, 0.05) is 10.9 Å². The molecule has 2 aromatic heterocycles. The van der Waals surface area contributed by atoms with E-state index in [0.29, 0.717) is 27.7 Å². The highest BCUT2D eigenvalue weighted by atomic mass is 32.1. The van der Waals surface area contributed by atoms with Crippen LogP contribution in [-0.2, 0) is 4.74 Å². The summed E-state index contributed by atoms with van der Waals surface area (Å²) >= 11 is 1.55. The van der Waals surface area contributed by atoms with E-state index in [1.54, 1.807) is 48.6 Å². The quantitative estimate of drug-likeness (QED) is 0.340. The van der Waals surface area contributed by atoms with Crippen LogP contribution in [-0.4, -0.2) is 22.8 Å². The van der Waals surface area contributed by atoms with E-state index < -0.39 is 12.1 Å². The van der Waals surface area contributed by atoms with E-state index in [1.165, 1.54) is 0 Å². The molecule has 0 amide bonds. The highest BCUT2D eigenvalue weighted by Crippen LogP contribution is 2.28. The molecule has 138 valence electrons. The van der Waals surface area contributed by atoms with Crippen molar-refractivity contribution < 1.29 is 14.3 Å². The number of hydrogen-bond donors (Lipinski definition) is 0. The summed E-state index contributed by atoms with van der Waals surface area (Å²) in [6.07, 6.45) is -0.882. The molecule has 0 aliphatic carbocycles. The van der Waals surface area contributed by atoms with Crippen LogP contribution in [0.5, 0.6) is 0 Å². The fraction of sp³-hybridized carbons (Fsp3) is 0.0870. The van der Waals surface area contributed by atoms with E-state index in [2.05, 4.69) is 4.98 Å². The molecule has 0 saturated carbocycles. The molecule has 0 saturated heterocycles. The Labute approximate surface area is 166 Å². The van der Waals surface area contributed by atoms with Crippen molar-refractivity contribution in [1.82, 2.24) is 4.98 Å². The number of pyridine rings is 1. The van der Waals surface area contributed by atoms with E-state index >= 15 is 0 Å². The summed E-state index contributed by atoms with van der Waals surface area (Å²) in [6, 6.07) is 21.9. The summed E-state index contributed by atoms with van der Waals surface area (Å²) in [7, 11) is 0. The third-order valence-corrected chi connectivity index (χ3v) is 5.31. The van der Waals surface area contributed by atoms with Crippen molar-refractivity contribution in [2.24, 2.45) is 0 Å². The Bertz CT molecular complexity index is 1140. The van der Waals surface area contributed by atoms with Gasteiger partial charge in [0.25, 0.3) is 0 Å². The maximum Gasteiger partial charge on any atom is 0.339 e. The zero-order chi connectivity index (χ0) is 19.5. The van der Waals surface area contributed by atoms with E-state index in [-0.39, 0.29) is 5.78 Å². The molecule has 0 N–H and O–H groups in total. The van der Waals surface area contributed by atoms with Crippen LogP contribution < -0.4 is 0 Å². The number of carbonyl (C=O) groups is 2. The zero-order valence-electron chi connectivity index (χ0n) is 15.2. The van der Waals surface area contributed by atoms with Crippen molar-refractivity contribution in [1.29, 1.82) is 0 Å². The summed E-state index contributed by atoms with van der Waals surface area (Å²) in [4.78, 5) is 31.1. The zero-order valence-corrected chi connectivity index (χ0v) is 16.0. The second kappa shape index (κ2) is 7.74. The summed E-state index contributed by atoms with van der Waals surface area (Å²) in [6.45, 7) is 1.59. The molecular formula is C23H17NO3S. The Morgan fingerprint density at radius 3 is 2.46 bits per heavy atom. The number of rotatable bonds is 5. The SMILES string of the molecule is C[C@@H](OC(=O)c1cc(-c2cccs2)nc2ccccc12)C(=O)c1ccccc1. The van der Waals surface area contributed by atoms with Crippen molar-refractivity contribution in [3.8, 4) is 10.6 Å². The van der Waals surface area contributed by atoms with Gasteiger partial charge in [0.1, 0.15) is 0 Å². The maximum absolute atomic E-state index is 12.9. The van der Waals surface area contributed by atoms with Crippen LogP contribution in [0.1, 0.15) is 27.6 Å². The van der Waals surface area contributed by atoms with Crippen molar-refractivity contribution in [3.63, 3.8) is 0 Å². The second-order valence-corrected chi connectivity index (χ2v) is 7.28. The number of esters is 1. The summed E-state index contributed by atoms with van der Waals surface area (Å²) < 4.78 is 5.52. The van der Waals surface area contributed by atoms with Crippen molar-refractivity contribution >= 4 is 34.0 Å². The van der Waals surface area contributed by atoms with Crippen LogP contribution in [0.25, 0.3) is 21.5 Å². The van der Waals surface area contributed by atoms with Gasteiger partial charge in [0.05, 0.1) is 21.7 Å². The predicted octanol–water partition coefficient (Wildman–Crippen LogP) is 5.39. The molecule has 0 bridgehead atoms. The minimum absolute atomic E-state index is 0.231. The first kappa shape index (κ1) is 18.1. The van der Waals surface area contributed by atoms with E-state index in [4.69, 9.17) is 4.74 Å². The van der Waals surface area contributed by atoms with Crippen LogP contribution in [0.4, 0.5) is 0 Å². The molecule has 0 aliphatic heterocycles. The number of fused-ring (bicyclic) bond motifs is 1. The fourth-order valence-corrected chi connectivity index (χ4v) is 3.70. The highest BCUT2D eigenvalue weighted by Gasteiger charge is 2.22. The molecule has 2 heterocycles. The number of Topliss-reactive ketones (excluding diaryl/α,β-unsaturated/α-hetero) is 1. The average Bonchev–Trinajstić information content (AvgIpc) is 3.28. The lowest BCUT2D eigenvalue weighted by Gasteiger charge is -2.14. The molecule has 4 rings (SSSR count). The fourth-order valence-electron chi connectivity index (χ4n) is 3.01. The van der Waals surface area contributed by atoms with Crippen molar-refractivity contribution in [3.05, 3.63) is 89.3 Å². The minimum Gasteiger partial charge on any atom is -0.451 e. The molecule has 0 fully saturated rings. The van der Waals surface area contributed by atoms with Crippen molar-refractivity contribution in [2.75, 3.05) is 0 Å². The first-order valence-corrected chi connectivity index (χ1v) is 9.75. The maximum atomic E-state index is 12.9. The Morgan fingerprint density at radius 1 is 0.964 bits per heavy atom.